The van der Waals surface area contributed by atoms with Crippen LogP contribution in [0.3, 0.4) is 0 Å². The first kappa shape index (κ1) is 20.4. The third-order valence-corrected chi connectivity index (χ3v) is 4.56. The number of non-ortho nitro benzene ring substituents is 1. The molecule has 3 aromatic carbocycles. The van der Waals surface area contributed by atoms with E-state index < -0.39 is 28.8 Å². The molecule has 0 saturated heterocycles. The molecule has 0 aliphatic heterocycles. The Balaban J connectivity index is 1.98. The van der Waals surface area contributed by atoms with Gasteiger partial charge in [-0.15, -0.1) is 0 Å². The molecule has 2 atom stereocenters. The second-order valence-electron chi connectivity index (χ2n) is 6.46. The molecule has 0 N–H and O–H groups in total. The molecule has 150 valence electrons. The molecule has 0 aromatic heterocycles. The van der Waals surface area contributed by atoms with Crippen molar-refractivity contribution >= 4 is 5.69 Å². The molecular weight excluding hydrogens is 380 g/mol. The summed E-state index contributed by atoms with van der Waals surface area (Å²) in [6, 6.07) is 16.8. The fourth-order valence-electron chi connectivity index (χ4n) is 2.98. The number of halogens is 2. The number of rotatable bonds is 7. The summed E-state index contributed by atoms with van der Waals surface area (Å²) in [6.45, 7) is 1.71. The van der Waals surface area contributed by atoms with E-state index in [0.29, 0.717) is 16.9 Å². The molecule has 0 fully saturated rings. The second kappa shape index (κ2) is 8.79. The second-order valence-corrected chi connectivity index (χ2v) is 6.46. The van der Waals surface area contributed by atoms with Crippen LogP contribution in [-0.2, 0) is 4.74 Å². The highest BCUT2D eigenvalue weighted by atomic mass is 19.2. The quantitative estimate of drug-likeness (QED) is 0.375. The van der Waals surface area contributed by atoms with E-state index in [9.17, 15) is 18.9 Å². The molecule has 3 aromatic rings. The van der Waals surface area contributed by atoms with Crippen molar-refractivity contribution < 1.29 is 23.2 Å². The molecule has 5 nitrogen and oxygen atoms in total. The van der Waals surface area contributed by atoms with Crippen molar-refractivity contribution in [3.8, 4) is 5.75 Å². The van der Waals surface area contributed by atoms with E-state index in [2.05, 4.69) is 0 Å². The van der Waals surface area contributed by atoms with E-state index >= 15 is 0 Å². The summed E-state index contributed by atoms with van der Waals surface area (Å²) in [4.78, 5) is 10.7. The summed E-state index contributed by atoms with van der Waals surface area (Å²) in [5.74, 6) is -1.25. The lowest BCUT2D eigenvalue weighted by atomic mass is 10.00. The molecule has 0 heterocycles. The molecule has 0 aliphatic rings. The van der Waals surface area contributed by atoms with Crippen molar-refractivity contribution in [2.45, 2.75) is 19.1 Å². The van der Waals surface area contributed by atoms with Crippen LogP contribution in [0.1, 0.15) is 35.8 Å². The zero-order valence-corrected chi connectivity index (χ0v) is 15.8. The van der Waals surface area contributed by atoms with Crippen LogP contribution in [0.2, 0.25) is 0 Å². The molecule has 0 radical (unpaired) electrons. The van der Waals surface area contributed by atoms with Gasteiger partial charge in [0.2, 0.25) is 0 Å². The van der Waals surface area contributed by atoms with Crippen LogP contribution in [0.15, 0.2) is 66.7 Å². The van der Waals surface area contributed by atoms with Gasteiger partial charge in [0.1, 0.15) is 11.9 Å². The van der Waals surface area contributed by atoms with Crippen LogP contribution in [0.5, 0.6) is 5.75 Å². The molecular formula is C22H19F2NO4. The number of benzene rings is 3. The molecule has 0 amide bonds. The van der Waals surface area contributed by atoms with Crippen LogP contribution in [0.4, 0.5) is 14.5 Å². The van der Waals surface area contributed by atoms with Crippen LogP contribution in [0.25, 0.3) is 0 Å². The largest absolute Gasteiger partial charge is 0.497 e. The number of nitro benzene ring substituents is 1. The van der Waals surface area contributed by atoms with Gasteiger partial charge in [0.05, 0.1) is 18.1 Å². The van der Waals surface area contributed by atoms with Crippen LogP contribution >= 0.6 is 0 Å². The number of ether oxygens (including phenoxy) is 2. The highest BCUT2D eigenvalue weighted by Crippen LogP contribution is 2.34. The Morgan fingerprint density at radius 1 is 0.897 bits per heavy atom. The average Bonchev–Trinajstić information content (AvgIpc) is 2.74. The van der Waals surface area contributed by atoms with Gasteiger partial charge >= 0.3 is 0 Å². The minimum atomic E-state index is -0.964. The standard InChI is InChI=1S/C22H19F2NO4/c1-14(16-8-11-20(23)21(24)13-16)29-22(15-6-9-19(28-2)10-7-15)17-4-3-5-18(12-17)25(26)27/h3-14,22H,1-2H3. The fraction of sp³-hybridized carbons (Fsp3) is 0.182. The minimum Gasteiger partial charge on any atom is -0.497 e. The highest BCUT2D eigenvalue weighted by Gasteiger charge is 2.22. The zero-order valence-electron chi connectivity index (χ0n) is 15.8. The summed E-state index contributed by atoms with van der Waals surface area (Å²) < 4.78 is 38.2. The summed E-state index contributed by atoms with van der Waals surface area (Å²) in [6.07, 6.45) is -1.26. The number of nitrogens with zero attached hydrogens (tertiary/aromatic N) is 1. The fourth-order valence-corrected chi connectivity index (χ4v) is 2.98. The molecule has 3 rings (SSSR count). The van der Waals surface area contributed by atoms with Crippen molar-refractivity contribution in [2.75, 3.05) is 7.11 Å². The Kier molecular flexibility index (Phi) is 6.19. The Hall–Kier alpha value is -3.32. The molecule has 0 aliphatic carbocycles. The first-order valence-electron chi connectivity index (χ1n) is 8.87. The van der Waals surface area contributed by atoms with E-state index in [0.717, 1.165) is 17.7 Å². The maximum Gasteiger partial charge on any atom is 0.269 e. The summed E-state index contributed by atoms with van der Waals surface area (Å²) in [5, 5.41) is 11.2. The number of hydrogen-bond donors (Lipinski definition) is 0. The number of hydrogen-bond acceptors (Lipinski definition) is 4. The average molecular weight is 399 g/mol. The van der Waals surface area contributed by atoms with Gasteiger partial charge in [0.15, 0.2) is 11.6 Å². The summed E-state index contributed by atoms with van der Waals surface area (Å²) in [7, 11) is 1.55. The zero-order chi connectivity index (χ0) is 21.0. The van der Waals surface area contributed by atoms with Gasteiger partial charge in [-0.3, -0.25) is 10.1 Å². The molecule has 0 spiro atoms. The van der Waals surface area contributed by atoms with Gasteiger partial charge in [-0.25, -0.2) is 8.78 Å². The SMILES string of the molecule is COc1ccc(C(OC(C)c2ccc(F)c(F)c2)c2cccc([N+](=O)[O-])c2)cc1. The lowest BCUT2D eigenvalue weighted by Gasteiger charge is -2.24. The molecule has 0 bridgehead atoms. The first-order valence-corrected chi connectivity index (χ1v) is 8.87. The van der Waals surface area contributed by atoms with Crippen molar-refractivity contribution in [1.82, 2.24) is 0 Å². The topological polar surface area (TPSA) is 61.6 Å². The van der Waals surface area contributed by atoms with Crippen LogP contribution < -0.4 is 4.74 Å². The minimum absolute atomic E-state index is 0.0647. The van der Waals surface area contributed by atoms with Gasteiger partial charge < -0.3 is 9.47 Å². The number of nitro groups is 1. The van der Waals surface area contributed by atoms with Crippen LogP contribution in [0, 0.1) is 21.7 Å². The van der Waals surface area contributed by atoms with Gasteiger partial charge in [-0.1, -0.05) is 30.3 Å². The third kappa shape index (κ3) is 4.75. The Morgan fingerprint density at radius 3 is 2.21 bits per heavy atom. The van der Waals surface area contributed by atoms with Gasteiger partial charge in [-0.05, 0) is 47.9 Å². The lowest BCUT2D eigenvalue weighted by Crippen LogP contribution is -2.11. The van der Waals surface area contributed by atoms with E-state index in [1.165, 1.54) is 18.2 Å². The van der Waals surface area contributed by atoms with Crippen molar-refractivity contribution in [1.29, 1.82) is 0 Å². The molecule has 7 heteroatoms. The molecule has 0 saturated carbocycles. The maximum atomic E-state index is 13.6. The van der Waals surface area contributed by atoms with Gasteiger partial charge in [0, 0.05) is 12.1 Å². The van der Waals surface area contributed by atoms with Crippen molar-refractivity contribution in [3.63, 3.8) is 0 Å². The maximum absolute atomic E-state index is 13.6. The number of methoxy groups -OCH3 is 1. The normalized spacial score (nSPS) is 13.0. The first-order chi connectivity index (χ1) is 13.9. The summed E-state index contributed by atoms with van der Waals surface area (Å²) in [5.41, 5.74) is 1.69. The predicted octanol–water partition coefficient (Wildman–Crippen LogP) is 5.75. The highest BCUT2D eigenvalue weighted by molar-refractivity contribution is 5.40. The Bertz CT molecular complexity index is 1010. The molecule has 29 heavy (non-hydrogen) atoms. The lowest BCUT2D eigenvalue weighted by molar-refractivity contribution is -0.385. The van der Waals surface area contributed by atoms with E-state index in [1.54, 1.807) is 50.4 Å². The van der Waals surface area contributed by atoms with Crippen molar-refractivity contribution in [2.24, 2.45) is 0 Å². The Morgan fingerprint density at radius 2 is 1.59 bits per heavy atom. The smallest absolute Gasteiger partial charge is 0.269 e. The monoisotopic (exact) mass is 399 g/mol. The van der Waals surface area contributed by atoms with Crippen LogP contribution in [-0.4, -0.2) is 12.0 Å². The van der Waals surface area contributed by atoms with E-state index in [-0.39, 0.29) is 5.69 Å². The molecule has 2 unspecified atom stereocenters. The Labute approximate surface area is 166 Å². The predicted molar refractivity (Wildman–Crippen MR) is 104 cm³/mol. The van der Waals surface area contributed by atoms with E-state index in [4.69, 9.17) is 9.47 Å². The van der Waals surface area contributed by atoms with Crippen molar-refractivity contribution in [3.05, 3.63) is 105 Å². The summed E-state index contributed by atoms with van der Waals surface area (Å²) >= 11 is 0. The third-order valence-electron chi connectivity index (χ3n) is 4.56. The van der Waals surface area contributed by atoms with E-state index in [1.807, 2.05) is 0 Å². The van der Waals surface area contributed by atoms with Gasteiger partial charge in [0.25, 0.3) is 5.69 Å². The van der Waals surface area contributed by atoms with Gasteiger partial charge in [-0.2, -0.15) is 0 Å².